The molecule has 2 aliphatic carbocycles. The van der Waals surface area contributed by atoms with E-state index in [1.807, 2.05) is 6.07 Å². The number of nitrogens with zero attached hydrogens (tertiary/aromatic N) is 4. The van der Waals surface area contributed by atoms with Gasteiger partial charge in [-0.2, -0.15) is 27.2 Å². The van der Waals surface area contributed by atoms with Crippen molar-refractivity contribution in [1.29, 1.82) is 5.26 Å². The molecule has 2 saturated carbocycles. The summed E-state index contributed by atoms with van der Waals surface area (Å²) in [6, 6.07) is 0.272. The normalized spacial score (nSPS) is 25.3. The number of ether oxygens (including phenoxy) is 1. The number of hydrogen-bond donors (Lipinski definition) is 2. The van der Waals surface area contributed by atoms with Crippen molar-refractivity contribution < 1.29 is 54.6 Å². The van der Waals surface area contributed by atoms with E-state index in [4.69, 9.17) is 4.74 Å². The fourth-order valence-corrected chi connectivity index (χ4v) is 6.07. The number of rotatable bonds is 9. The molecule has 0 aromatic carbocycles. The lowest BCUT2D eigenvalue weighted by Gasteiger charge is -2.39. The van der Waals surface area contributed by atoms with Gasteiger partial charge in [0, 0.05) is 32.5 Å². The maximum Gasteiger partial charge on any atom is 0.463 e. The van der Waals surface area contributed by atoms with Crippen LogP contribution < -0.4 is 15.4 Å². The molecule has 4 amide bonds. The number of likely N-dealkylation sites (tertiary alicyclic amines) is 1. The van der Waals surface area contributed by atoms with Crippen molar-refractivity contribution in [2.45, 2.75) is 86.7 Å². The molecular weight excluding hydrogens is 633 g/mol. The highest BCUT2D eigenvalue weighted by atomic mass is 19.4. The summed E-state index contributed by atoms with van der Waals surface area (Å²) in [5.74, 6) is -15.4. The van der Waals surface area contributed by atoms with Gasteiger partial charge >= 0.3 is 18.0 Å². The van der Waals surface area contributed by atoms with Crippen LogP contribution in [0.5, 0.6) is 5.75 Å². The van der Waals surface area contributed by atoms with Crippen LogP contribution in [-0.4, -0.2) is 93.8 Å². The molecule has 2 aliphatic heterocycles. The zero-order chi connectivity index (χ0) is 33.8. The van der Waals surface area contributed by atoms with Crippen LogP contribution in [-0.2, 0) is 19.2 Å². The topological polar surface area (TPSA) is 145 Å². The number of carbonyl (C=O) groups is 4. The average molecular weight is 663 g/mol. The summed E-state index contributed by atoms with van der Waals surface area (Å²) >= 11 is 0. The van der Waals surface area contributed by atoms with Gasteiger partial charge in [0.15, 0.2) is 11.6 Å². The van der Waals surface area contributed by atoms with Crippen molar-refractivity contribution in [3.05, 3.63) is 18.3 Å². The molecule has 0 bridgehead atoms. The van der Waals surface area contributed by atoms with Crippen LogP contribution in [0, 0.1) is 23.2 Å². The van der Waals surface area contributed by atoms with Crippen LogP contribution in [0.3, 0.4) is 0 Å². The molecule has 4 atom stereocenters. The summed E-state index contributed by atoms with van der Waals surface area (Å²) in [6.45, 7) is -0.428. The molecule has 18 heteroatoms. The number of amides is 4. The van der Waals surface area contributed by atoms with E-state index < -0.39 is 97.1 Å². The molecule has 2 N–H and O–H groups in total. The first-order valence-electron chi connectivity index (χ1n) is 14.4. The third kappa shape index (κ3) is 6.27. The van der Waals surface area contributed by atoms with Gasteiger partial charge in [0.05, 0.1) is 12.6 Å². The van der Waals surface area contributed by atoms with Crippen molar-refractivity contribution >= 4 is 29.4 Å². The van der Waals surface area contributed by atoms with Crippen LogP contribution in [0.1, 0.15) is 44.9 Å². The summed E-state index contributed by atoms with van der Waals surface area (Å²) in [5.41, 5.74) is -1.70. The third-order valence-corrected chi connectivity index (χ3v) is 8.82. The third-order valence-electron chi connectivity index (χ3n) is 8.82. The Hall–Kier alpha value is -4.17. The van der Waals surface area contributed by atoms with E-state index in [1.54, 1.807) is 6.07 Å². The Labute approximate surface area is 257 Å². The van der Waals surface area contributed by atoms with Gasteiger partial charge in [0.2, 0.25) is 23.3 Å². The second-order valence-electron chi connectivity index (χ2n) is 12.3. The largest absolute Gasteiger partial charge is 0.472 e. The fourth-order valence-electron chi connectivity index (χ4n) is 6.07. The maximum atomic E-state index is 14.0. The van der Waals surface area contributed by atoms with E-state index in [2.05, 4.69) is 10.3 Å². The van der Waals surface area contributed by atoms with Gasteiger partial charge in [-0.1, -0.05) is 12.8 Å². The molecule has 1 saturated heterocycles. The molecular formula is C28H29F7N6O5. The Balaban J connectivity index is 1.39. The number of likely N-dealkylation sites (N-methyl/N-ethyl adjacent to an activating group) is 1. The quantitative estimate of drug-likeness (QED) is 0.387. The van der Waals surface area contributed by atoms with E-state index >= 15 is 0 Å². The number of fused-ring (bicyclic) bond motifs is 1. The van der Waals surface area contributed by atoms with Gasteiger partial charge in [-0.25, -0.2) is 13.8 Å². The molecule has 3 heterocycles. The summed E-state index contributed by atoms with van der Waals surface area (Å²) < 4.78 is 99.4. The van der Waals surface area contributed by atoms with E-state index in [-0.39, 0.29) is 30.3 Å². The SMILES string of the molecule is CN(C(=O)C(CC1CC(F)(F)C1)NC(=O)C(F)(F)C(F)(F)F)C(CC1CC1)C(=O)N1CC2(CC1C#N)Oc1cccnc1NC2=O. The van der Waals surface area contributed by atoms with E-state index in [9.17, 15) is 55.2 Å². The molecule has 0 radical (unpaired) electrons. The van der Waals surface area contributed by atoms with Crippen molar-refractivity contribution in [1.82, 2.24) is 20.1 Å². The number of alkyl halides is 7. The number of halogens is 7. The molecule has 3 fully saturated rings. The Morgan fingerprint density at radius 3 is 2.43 bits per heavy atom. The highest BCUT2D eigenvalue weighted by Crippen LogP contribution is 2.45. The monoisotopic (exact) mass is 662 g/mol. The number of nitrogens with one attached hydrogen (secondary N) is 2. The fraction of sp³-hybridized carbons (Fsp3) is 0.643. The van der Waals surface area contributed by atoms with Gasteiger partial charge in [-0.15, -0.1) is 0 Å². The minimum atomic E-state index is -6.30. The van der Waals surface area contributed by atoms with E-state index in [0.717, 1.165) is 16.8 Å². The zero-order valence-corrected chi connectivity index (χ0v) is 24.3. The molecule has 1 spiro atoms. The standard InChI is InChI=1S/C28H29F7N6O5/c1-40(21(42)17(7-15-9-26(29,30)10-15)38-24(45)27(31,32)28(33,34)35)18(8-14-4-5-14)22(43)41-13-25(11-16(41)12-36)23(44)39-20-19(46-25)3-2-6-37-20/h2-3,6,14-18H,4-5,7-11,13H2,1H3,(H,38,45)(H,37,39,44). The number of nitriles is 1. The summed E-state index contributed by atoms with van der Waals surface area (Å²) in [6.07, 6.45) is -6.08. The van der Waals surface area contributed by atoms with Gasteiger partial charge < -0.3 is 25.2 Å². The number of carbonyl (C=O) groups excluding carboxylic acids is 4. The van der Waals surface area contributed by atoms with Gasteiger partial charge in [-0.05, 0) is 36.8 Å². The first-order valence-corrected chi connectivity index (χ1v) is 14.4. The van der Waals surface area contributed by atoms with E-state index in [0.29, 0.717) is 12.8 Å². The Morgan fingerprint density at radius 1 is 1.17 bits per heavy atom. The first-order chi connectivity index (χ1) is 21.4. The Kier molecular flexibility index (Phi) is 8.35. The van der Waals surface area contributed by atoms with Crippen molar-refractivity contribution in [2.75, 3.05) is 18.9 Å². The summed E-state index contributed by atoms with van der Waals surface area (Å²) in [5, 5.41) is 13.9. The number of anilines is 1. The molecule has 11 nitrogen and oxygen atoms in total. The predicted molar refractivity (Wildman–Crippen MR) is 141 cm³/mol. The van der Waals surface area contributed by atoms with E-state index in [1.165, 1.54) is 17.6 Å². The van der Waals surface area contributed by atoms with Crippen molar-refractivity contribution in [3.8, 4) is 11.8 Å². The van der Waals surface area contributed by atoms with Gasteiger partial charge in [0.25, 0.3) is 5.91 Å². The van der Waals surface area contributed by atoms with Crippen molar-refractivity contribution in [2.24, 2.45) is 11.8 Å². The summed E-state index contributed by atoms with van der Waals surface area (Å²) in [7, 11) is 1.07. The lowest BCUT2D eigenvalue weighted by Crippen LogP contribution is -2.60. The molecule has 1 aromatic rings. The second-order valence-corrected chi connectivity index (χ2v) is 12.3. The highest BCUT2D eigenvalue weighted by molar-refractivity contribution is 6.01. The first kappa shape index (κ1) is 33.2. The average Bonchev–Trinajstić information content (AvgIpc) is 3.72. The number of hydrogen-bond acceptors (Lipinski definition) is 7. The van der Waals surface area contributed by atoms with Crippen LogP contribution in [0.4, 0.5) is 36.6 Å². The van der Waals surface area contributed by atoms with Crippen LogP contribution in [0.2, 0.25) is 0 Å². The molecule has 1 aromatic heterocycles. The van der Waals surface area contributed by atoms with Crippen LogP contribution >= 0.6 is 0 Å². The lowest BCUT2D eigenvalue weighted by molar-refractivity contribution is -0.270. The lowest BCUT2D eigenvalue weighted by atomic mass is 9.77. The predicted octanol–water partition coefficient (Wildman–Crippen LogP) is 3.02. The molecule has 46 heavy (non-hydrogen) atoms. The van der Waals surface area contributed by atoms with Crippen LogP contribution in [0.25, 0.3) is 0 Å². The zero-order valence-electron chi connectivity index (χ0n) is 24.3. The minimum absolute atomic E-state index is 0.00338. The molecule has 5 rings (SSSR count). The van der Waals surface area contributed by atoms with Crippen LogP contribution in [0.15, 0.2) is 18.3 Å². The van der Waals surface area contributed by atoms with Gasteiger partial charge in [0.1, 0.15) is 18.1 Å². The molecule has 250 valence electrons. The summed E-state index contributed by atoms with van der Waals surface area (Å²) in [4.78, 5) is 58.7. The highest BCUT2D eigenvalue weighted by Gasteiger charge is 2.64. The Morgan fingerprint density at radius 2 is 1.85 bits per heavy atom. The minimum Gasteiger partial charge on any atom is -0.472 e. The maximum absolute atomic E-state index is 14.0. The molecule has 4 unspecified atom stereocenters. The molecule has 4 aliphatic rings. The number of pyridine rings is 1. The van der Waals surface area contributed by atoms with Crippen molar-refractivity contribution in [3.63, 3.8) is 0 Å². The smallest absolute Gasteiger partial charge is 0.463 e. The van der Waals surface area contributed by atoms with Gasteiger partial charge in [-0.3, -0.25) is 19.2 Å². The second kappa shape index (κ2) is 11.6. The number of aromatic nitrogens is 1. The Bertz CT molecular complexity index is 1460.